The predicted molar refractivity (Wildman–Crippen MR) is 122 cm³/mol. The summed E-state index contributed by atoms with van der Waals surface area (Å²) < 4.78 is 39.3. The first-order valence-electron chi connectivity index (χ1n) is 10.7. The largest absolute Gasteiger partial charge is 0.416 e. The zero-order valence-electron chi connectivity index (χ0n) is 17.9. The van der Waals surface area contributed by atoms with Crippen LogP contribution in [0.5, 0.6) is 0 Å². The van der Waals surface area contributed by atoms with Crippen molar-refractivity contribution in [2.24, 2.45) is 0 Å². The van der Waals surface area contributed by atoms with E-state index in [2.05, 4.69) is 16.4 Å². The Hall–Kier alpha value is -3.74. The molecule has 0 spiro atoms. The SMILES string of the molecule is Cc1ccc([C@@H]2c3[nH]c4ccccc4c3CCN2C(=O)Nc2cccc(C(F)(F)F)c2)cc1. The molecule has 1 aliphatic heterocycles. The van der Waals surface area contributed by atoms with E-state index in [1.807, 2.05) is 49.4 Å². The fraction of sp³-hybridized carbons (Fsp3) is 0.192. The van der Waals surface area contributed by atoms with Crippen molar-refractivity contribution in [3.05, 3.63) is 101 Å². The highest BCUT2D eigenvalue weighted by atomic mass is 19.4. The number of nitrogens with one attached hydrogen (secondary N) is 2. The normalized spacial score (nSPS) is 16.0. The zero-order valence-corrected chi connectivity index (χ0v) is 17.9. The lowest BCUT2D eigenvalue weighted by Crippen LogP contribution is -2.43. The molecule has 2 N–H and O–H groups in total. The smallest absolute Gasteiger partial charge is 0.356 e. The molecule has 1 atom stereocenters. The third kappa shape index (κ3) is 3.95. The molecule has 168 valence electrons. The Balaban J connectivity index is 1.53. The maximum Gasteiger partial charge on any atom is 0.416 e. The van der Waals surface area contributed by atoms with Crippen LogP contribution in [-0.4, -0.2) is 22.5 Å². The molecular weight excluding hydrogens is 427 g/mol. The number of fused-ring (bicyclic) bond motifs is 3. The monoisotopic (exact) mass is 449 g/mol. The Kier molecular flexibility index (Phi) is 5.12. The number of carbonyl (C=O) groups excluding carboxylic acids is 1. The number of alkyl halides is 3. The van der Waals surface area contributed by atoms with E-state index in [-0.39, 0.29) is 11.7 Å². The first-order valence-corrected chi connectivity index (χ1v) is 10.7. The highest BCUT2D eigenvalue weighted by molar-refractivity contribution is 5.91. The van der Waals surface area contributed by atoms with Gasteiger partial charge in [0.05, 0.1) is 11.6 Å². The number of urea groups is 1. The second-order valence-electron chi connectivity index (χ2n) is 8.33. The van der Waals surface area contributed by atoms with Gasteiger partial charge in [0.25, 0.3) is 0 Å². The number of anilines is 1. The van der Waals surface area contributed by atoms with E-state index < -0.39 is 17.8 Å². The number of para-hydroxylation sites is 1. The highest BCUT2D eigenvalue weighted by Crippen LogP contribution is 2.39. The minimum Gasteiger partial charge on any atom is -0.356 e. The van der Waals surface area contributed by atoms with Gasteiger partial charge in [0.2, 0.25) is 0 Å². The number of halogens is 3. The molecule has 5 rings (SSSR count). The van der Waals surface area contributed by atoms with Crippen molar-refractivity contribution in [3.63, 3.8) is 0 Å². The number of aryl methyl sites for hydroxylation is 1. The minimum absolute atomic E-state index is 0.111. The van der Waals surface area contributed by atoms with Crippen LogP contribution in [0.2, 0.25) is 0 Å². The van der Waals surface area contributed by atoms with E-state index in [0.717, 1.165) is 39.9 Å². The molecular formula is C26H22F3N3O. The van der Waals surface area contributed by atoms with Crippen LogP contribution in [-0.2, 0) is 12.6 Å². The number of aromatic nitrogens is 1. The summed E-state index contributed by atoms with van der Waals surface area (Å²) in [6, 6.07) is 19.9. The average molecular weight is 449 g/mol. The van der Waals surface area contributed by atoms with Crippen LogP contribution in [0.25, 0.3) is 10.9 Å². The predicted octanol–water partition coefficient (Wildman–Crippen LogP) is 6.67. The molecule has 0 radical (unpaired) electrons. The number of carbonyl (C=O) groups is 1. The van der Waals surface area contributed by atoms with Crippen LogP contribution in [0, 0.1) is 6.92 Å². The lowest BCUT2D eigenvalue weighted by Gasteiger charge is -2.36. The van der Waals surface area contributed by atoms with Gasteiger partial charge in [-0.15, -0.1) is 0 Å². The van der Waals surface area contributed by atoms with Crippen molar-refractivity contribution in [1.82, 2.24) is 9.88 Å². The second kappa shape index (κ2) is 7.99. The van der Waals surface area contributed by atoms with Crippen molar-refractivity contribution in [1.29, 1.82) is 0 Å². The van der Waals surface area contributed by atoms with Crippen molar-refractivity contribution in [2.75, 3.05) is 11.9 Å². The molecule has 3 aromatic carbocycles. The van der Waals surface area contributed by atoms with Gasteiger partial charge in [0.15, 0.2) is 0 Å². The topological polar surface area (TPSA) is 48.1 Å². The summed E-state index contributed by atoms with van der Waals surface area (Å²) >= 11 is 0. The summed E-state index contributed by atoms with van der Waals surface area (Å²) in [5.41, 5.74) is 4.45. The summed E-state index contributed by atoms with van der Waals surface area (Å²) in [7, 11) is 0. The fourth-order valence-corrected chi connectivity index (χ4v) is 4.52. The lowest BCUT2D eigenvalue weighted by molar-refractivity contribution is -0.137. The highest BCUT2D eigenvalue weighted by Gasteiger charge is 2.35. The molecule has 0 saturated carbocycles. The molecule has 0 unspecified atom stereocenters. The van der Waals surface area contributed by atoms with Crippen LogP contribution in [0.3, 0.4) is 0 Å². The van der Waals surface area contributed by atoms with Crippen molar-refractivity contribution >= 4 is 22.6 Å². The van der Waals surface area contributed by atoms with Gasteiger partial charge in [-0.05, 0) is 48.7 Å². The van der Waals surface area contributed by atoms with E-state index in [0.29, 0.717) is 13.0 Å². The quantitative estimate of drug-likeness (QED) is 0.353. The number of aromatic amines is 1. The summed E-state index contributed by atoms with van der Waals surface area (Å²) in [6.45, 7) is 2.44. The van der Waals surface area contributed by atoms with Crippen molar-refractivity contribution < 1.29 is 18.0 Å². The molecule has 0 aliphatic carbocycles. The van der Waals surface area contributed by atoms with E-state index in [1.165, 1.54) is 17.7 Å². The van der Waals surface area contributed by atoms with E-state index >= 15 is 0 Å². The minimum atomic E-state index is -4.48. The number of rotatable bonds is 2. The van der Waals surface area contributed by atoms with Crippen molar-refractivity contribution in [2.45, 2.75) is 25.6 Å². The first-order chi connectivity index (χ1) is 15.8. The third-order valence-corrected chi connectivity index (χ3v) is 6.13. The Morgan fingerprint density at radius 3 is 2.55 bits per heavy atom. The molecule has 7 heteroatoms. The number of hydrogen-bond acceptors (Lipinski definition) is 1. The number of amides is 2. The second-order valence-corrected chi connectivity index (χ2v) is 8.33. The van der Waals surface area contributed by atoms with Gasteiger partial charge < -0.3 is 15.2 Å². The molecule has 2 heterocycles. The van der Waals surface area contributed by atoms with E-state index in [4.69, 9.17) is 0 Å². The molecule has 0 fully saturated rings. The number of H-pyrrole nitrogens is 1. The standard InChI is InChI=1S/C26H22F3N3O/c1-16-9-11-17(12-10-16)24-23-21(20-7-2-3-8-22(20)31-23)13-14-32(24)25(33)30-19-6-4-5-18(15-19)26(27,28)29/h2-12,15,24,31H,13-14H2,1H3,(H,30,33)/t24-/m1/s1. The molecule has 0 saturated heterocycles. The Bertz CT molecular complexity index is 1320. The number of benzene rings is 3. The maximum absolute atomic E-state index is 13.3. The Morgan fingerprint density at radius 1 is 1.03 bits per heavy atom. The summed E-state index contributed by atoms with van der Waals surface area (Å²) in [5.74, 6) is 0. The fourth-order valence-electron chi connectivity index (χ4n) is 4.52. The summed E-state index contributed by atoms with van der Waals surface area (Å²) in [5, 5.41) is 3.80. The molecule has 4 nitrogen and oxygen atoms in total. The summed E-state index contributed by atoms with van der Waals surface area (Å²) in [6.07, 6.45) is -3.83. The third-order valence-electron chi connectivity index (χ3n) is 6.13. The molecule has 2 amide bonds. The molecule has 1 aliphatic rings. The summed E-state index contributed by atoms with van der Waals surface area (Å²) in [4.78, 5) is 18.5. The van der Waals surface area contributed by atoms with Crippen LogP contribution in [0.15, 0.2) is 72.8 Å². The van der Waals surface area contributed by atoms with Gasteiger partial charge >= 0.3 is 12.2 Å². The van der Waals surface area contributed by atoms with Gasteiger partial charge in [-0.25, -0.2) is 4.79 Å². The Morgan fingerprint density at radius 2 is 1.79 bits per heavy atom. The van der Waals surface area contributed by atoms with E-state index in [9.17, 15) is 18.0 Å². The van der Waals surface area contributed by atoms with Gasteiger partial charge in [-0.2, -0.15) is 13.2 Å². The van der Waals surface area contributed by atoms with Gasteiger partial charge in [-0.3, -0.25) is 0 Å². The van der Waals surface area contributed by atoms with Crippen molar-refractivity contribution in [3.8, 4) is 0 Å². The Labute approximate surface area is 189 Å². The zero-order chi connectivity index (χ0) is 23.2. The number of hydrogen-bond donors (Lipinski definition) is 2. The average Bonchev–Trinajstić information content (AvgIpc) is 3.17. The van der Waals surface area contributed by atoms with Crippen LogP contribution in [0.4, 0.5) is 23.7 Å². The molecule has 33 heavy (non-hydrogen) atoms. The number of nitrogens with zero attached hydrogens (tertiary/aromatic N) is 1. The maximum atomic E-state index is 13.3. The molecule has 0 bridgehead atoms. The van der Waals surface area contributed by atoms with E-state index in [1.54, 1.807) is 4.90 Å². The first kappa shape index (κ1) is 21.1. The van der Waals surface area contributed by atoms with Crippen LogP contribution >= 0.6 is 0 Å². The van der Waals surface area contributed by atoms with Gasteiger partial charge in [0.1, 0.15) is 0 Å². The van der Waals surface area contributed by atoms with Crippen LogP contribution < -0.4 is 5.32 Å². The lowest BCUT2D eigenvalue weighted by atomic mass is 9.92. The van der Waals surface area contributed by atoms with Crippen LogP contribution in [0.1, 0.15) is 34.0 Å². The van der Waals surface area contributed by atoms with Gasteiger partial charge in [-0.1, -0.05) is 54.1 Å². The van der Waals surface area contributed by atoms with Gasteiger partial charge in [0, 0.05) is 28.8 Å². The molecule has 4 aromatic rings. The molecule has 1 aromatic heterocycles.